The average molecular weight is 313 g/mol. The monoisotopic (exact) mass is 312 g/mol. The Morgan fingerprint density at radius 1 is 1.15 bits per heavy atom. The Kier molecular flexibility index (Phi) is 5.15. The molecule has 0 bridgehead atoms. The van der Waals surface area contributed by atoms with E-state index in [-0.39, 0.29) is 28.8 Å². The quantitative estimate of drug-likeness (QED) is 0.755. The van der Waals surface area contributed by atoms with Crippen molar-refractivity contribution in [2.75, 3.05) is 5.75 Å². The van der Waals surface area contributed by atoms with Crippen LogP contribution >= 0.6 is 23.4 Å². The normalized spacial score (nSPS) is 10.6. The molecule has 5 heteroatoms. The summed E-state index contributed by atoms with van der Waals surface area (Å²) in [6.07, 6.45) is 0.0684. The fourth-order valence-electron chi connectivity index (χ4n) is 1.67. The Morgan fingerprint density at radius 3 is 2.65 bits per heavy atom. The molecule has 0 atom stereocenters. The maximum absolute atomic E-state index is 13.2. The van der Waals surface area contributed by atoms with Crippen molar-refractivity contribution in [3.8, 4) is 0 Å². The second-order valence-corrected chi connectivity index (χ2v) is 5.60. The van der Waals surface area contributed by atoms with Crippen molar-refractivity contribution < 1.29 is 13.6 Å². The summed E-state index contributed by atoms with van der Waals surface area (Å²) in [7, 11) is 0. The van der Waals surface area contributed by atoms with Gasteiger partial charge in [-0.05, 0) is 29.8 Å². The number of carbonyl (C=O) groups is 1. The molecule has 104 valence electrons. The molecule has 0 saturated carbocycles. The number of carbonyl (C=O) groups excluding carboxylic acids is 1. The Bertz CT molecular complexity index is 631. The smallest absolute Gasteiger partial charge is 0.147 e. The van der Waals surface area contributed by atoms with Gasteiger partial charge in [-0.15, -0.1) is 11.8 Å². The molecule has 0 fully saturated rings. The van der Waals surface area contributed by atoms with Crippen LogP contribution < -0.4 is 0 Å². The van der Waals surface area contributed by atoms with Crippen molar-refractivity contribution >= 4 is 29.1 Å². The first-order valence-corrected chi connectivity index (χ1v) is 7.25. The summed E-state index contributed by atoms with van der Waals surface area (Å²) in [5.74, 6) is -0.770. The summed E-state index contributed by atoms with van der Waals surface area (Å²) in [5, 5.41) is -0.0170. The number of rotatable bonds is 5. The van der Waals surface area contributed by atoms with Gasteiger partial charge in [0.2, 0.25) is 0 Å². The van der Waals surface area contributed by atoms with Crippen LogP contribution in [0.5, 0.6) is 0 Å². The Labute approximate surface area is 125 Å². The van der Waals surface area contributed by atoms with Gasteiger partial charge in [0.25, 0.3) is 0 Å². The van der Waals surface area contributed by atoms with Crippen molar-refractivity contribution in [1.29, 1.82) is 0 Å². The third-order valence-electron chi connectivity index (χ3n) is 2.62. The van der Waals surface area contributed by atoms with E-state index in [4.69, 9.17) is 11.6 Å². The lowest BCUT2D eigenvalue weighted by Gasteiger charge is -2.05. The SMILES string of the molecule is O=C(CSc1cccc(F)c1)Cc1cccc(F)c1Cl. The molecule has 0 aliphatic carbocycles. The first kappa shape index (κ1) is 15.0. The molecular weight excluding hydrogens is 302 g/mol. The van der Waals surface area contributed by atoms with Crippen LogP contribution in [0.15, 0.2) is 47.4 Å². The molecule has 2 rings (SSSR count). The van der Waals surface area contributed by atoms with E-state index in [9.17, 15) is 13.6 Å². The predicted octanol–water partition coefficient (Wildman–Crippen LogP) is 4.52. The van der Waals surface area contributed by atoms with Crippen LogP contribution in [0.2, 0.25) is 5.02 Å². The van der Waals surface area contributed by atoms with E-state index in [1.807, 2.05) is 0 Å². The Balaban J connectivity index is 1.94. The highest BCUT2D eigenvalue weighted by Crippen LogP contribution is 2.22. The van der Waals surface area contributed by atoms with Gasteiger partial charge in [0.1, 0.15) is 17.4 Å². The number of ketones is 1. The second kappa shape index (κ2) is 6.86. The van der Waals surface area contributed by atoms with Crippen LogP contribution in [-0.4, -0.2) is 11.5 Å². The number of hydrogen-bond donors (Lipinski definition) is 0. The van der Waals surface area contributed by atoms with Gasteiger partial charge in [0, 0.05) is 11.3 Å². The van der Waals surface area contributed by atoms with E-state index in [1.165, 1.54) is 36.0 Å². The highest BCUT2D eigenvalue weighted by molar-refractivity contribution is 8.00. The molecule has 0 aliphatic rings. The van der Waals surface area contributed by atoms with Crippen LogP contribution in [0, 0.1) is 11.6 Å². The number of halogens is 3. The summed E-state index contributed by atoms with van der Waals surface area (Å²) < 4.78 is 26.2. The van der Waals surface area contributed by atoms with Crippen LogP contribution in [0.4, 0.5) is 8.78 Å². The maximum atomic E-state index is 13.2. The van der Waals surface area contributed by atoms with E-state index in [1.54, 1.807) is 18.2 Å². The highest BCUT2D eigenvalue weighted by Gasteiger charge is 2.10. The zero-order valence-electron chi connectivity index (χ0n) is 10.4. The van der Waals surface area contributed by atoms with E-state index >= 15 is 0 Å². The molecule has 0 aliphatic heterocycles. The molecule has 0 radical (unpaired) electrons. The molecule has 0 spiro atoms. The van der Waals surface area contributed by atoms with Crippen LogP contribution in [0.1, 0.15) is 5.56 Å². The maximum Gasteiger partial charge on any atom is 0.147 e. The van der Waals surface area contributed by atoms with Gasteiger partial charge in [0.05, 0.1) is 10.8 Å². The lowest BCUT2D eigenvalue weighted by molar-refractivity contribution is -0.116. The summed E-state index contributed by atoms with van der Waals surface area (Å²) in [5.41, 5.74) is 0.469. The molecular formula is C15H11ClF2OS. The Morgan fingerprint density at radius 2 is 1.90 bits per heavy atom. The van der Waals surface area contributed by atoms with E-state index in [2.05, 4.69) is 0 Å². The first-order chi connectivity index (χ1) is 9.56. The van der Waals surface area contributed by atoms with Crippen molar-refractivity contribution in [3.05, 3.63) is 64.7 Å². The van der Waals surface area contributed by atoms with Gasteiger partial charge in [0.15, 0.2) is 0 Å². The zero-order valence-corrected chi connectivity index (χ0v) is 12.0. The number of Topliss-reactive ketones (excluding diaryl/α,β-unsaturated/α-hetero) is 1. The number of thioether (sulfide) groups is 1. The van der Waals surface area contributed by atoms with Crippen molar-refractivity contribution in [1.82, 2.24) is 0 Å². The minimum Gasteiger partial charge on any atom is -0.298 e. The molecule has 2 aromatic rings. The molecule has 2 aromatic carbocycles. The van der Waals surface area contributed by atoms with Gasteiger partial charge in [-0.3, -0.25) is 4.79 Å². The summed E-state index contributed by atoms with van der Waals surface area (Å²) in [6, 6.07) is 10.4. The predicted molar refractivity (Wildman–Crippen MR) is 77.2 cm³/mol. The standard InChI is InChI=1S/C15H11ClF2OS/c16-15-10(3-1-6-14(15)18)7-12(19)9-20-13-5-2-4-11(17)8-13/h1-6,8H,7,9H2. The second-order valence-electron chi connectivity index (χ2n) is 4.17. The van der Waals surface area contributed by atoms with Crippen LogP contribution in [0.3, 0.4) is 0 Å². The molecule has 20 heavy (non-hydrogen) atoms. The van der Waals surface area contributed by atoms with Gasteiger partial charge in [-0.25, -0.2) is 8.78 Å². The molecule has 0 aromatic heterocycles. The molecule has 0 N–H and O–H groups in total. The fourth-order valence-corrected chi connectivity index (χ4v) is 2.66. The molecule has 0 heterocycles. The van der Waals surface area contributed by atoms with Crippen LogP contribution in [-0.2, 0) is 11.2 Å². The lowest BCUT2D eigenvalue weighted by Crippen LogP contribution is -2.06. The van der Waals surface area contributed by atoms with E-state index in [0.29, 0.717) is 10.5 Å². The Hall–Kier alpha value is -1.39. The zero-order chi connectivity index (χ0) is 14.5. The minimum absolute atomic E-state index is 0.0170. The number of hydrogen-bond acceptors (Lipinski definition) is 2. The number of benzene rings is 2. The van der Waals surface area contributed by atoms with E-state index < -0.39 is 5.82 Å². The summed E-state index contributed by atoms with van der Waals surface area (Å²) in [4.78, 5) is 12.5. The van der Waals surface area contributed by atoms with Crippen molar-refractivity contribution in [2.24, 2.45) is 0 Å². The van der Waals surface area contributed by atoms with Crippen molar-refractivity contribution in [2.45, 2.75) is 11.3 Å². The lowest BCUT2D eigenvalue weighted by atomic mass is 10.1. The largest absolute Gasteiger partial charge is 0.298 e. The highest BCUT2D eigenvalue weighted by atomic mass is 35.5. The molecule has 1 nitrogen and oxygen atoms in total. The topological polar surface area (TPSA) is 17.1 Å². The average Bonchev–Trinajstić information content (AvgIpc) is 2.42. The molecule has 0 saturated heterocycles. The van der Waals surface area contributed by atoms with Gasteiger partial charge in [-0.1, -0.05) is 29.8 Å². The fraction of sp³-hybridized carbons (Fsp3) is 0.133. The van der Waals surface area contributed by atoms with Crippen LogP contribution in [0.25, 0.3) is 0 Å². The summed E-state index contributed by atoms with van der Waals surface area (Å²) in [6.45, 7) is 0. The molecule has 0 unspecified atom stereocenters. The van der Waals surface area contributed by atoms with Gasteiger partial charge in [-0.2, -0.15) is 0 Å². The van der Waals surface area contributed by atoms with Gasteiger partial charge < -0.3 is 0 Å². The first-order valence-electron chi connectivity index (χ1n) is 5.89. The third-order valence-corrected chi connectivity index (χ3v) is 4.09. The summed E-state index contributed by atoms with van der Waals surface area (Å²) >= 11 is 7.04. The molecule has 0 amide bonds. The van der Waals surface area contributed by atoms with Gasteiger partial charge >= 0.3 is 0 Å². The minimum atomic E-state index is -0.533. The van der Waals surface area contributed by atoms with E-state index in [0.717, 1.165) is 0 Å². The van der Waals surface area contributed by atoms with Crippen molar-refractivity contribution in [3.63, 3.8) is 0 Å². The third kappa shape index (κ3) is 4.05.